The number of nitrogens with zero attached hydrogens (tertiary/aromatic N) is 3. The van der Waals surface area contributed by atoms with Crippen LogP contribution in [-0.4, -0.2) is 33.7 Å². The quantitative estimate of drug-likeness (QED) is 0.690. The maximum atomic E-state index is 12.9. The van der Waals surface area contributed by atoms with Gasteiger partial charge in [-0.15, -0.1) is 0 Å². The number of hydrogen-bond acceptors (Lipinski definition) is 2. The monoisotopic (exact) mass is 359 g/mol. The first-order valence-corrected chi connectivity index (χ1v) is 9.60. The summed E-state index contributed by atoms with van der Waals surface area (Å²) in [6.07, 6.45) is 2.05. The van der Waals surface area contributed by atoms with Crippen molar-refractivity contribution in [3.63, 3.8) is 0 Å². The number of carbonyl (C=O) groups excluding carboxylic acids is 1. The lowest BCUT2D eigenvalue weighted by molar-refractivity contribution is 0.0713. The summed E-state index contributed by atoms with van der Waals surface area (Å²) in [7, 11) is 0. The third-order valence-electron chi connectivity index (χ3n) is 5.42. The lowest BCUT2D eigenvalue weighted by Gasteiger charge is -2.32. The third-order valence-corrected chi connectivity index (χ3v) is 5.42. The molecule has 0 N–H and O–H groups in total. The van der Waals surface area contributed by atoms with Crippen molar-refractivity contribution in [1.82, 2.24) is 14.7 Å². The molecule has 0 aliphatic carbocycles. The molecule has 4 rings (SSSR count). The molecule has 0 spiro atoms. The first-order valence-electron chi connectivity index (χ1n) is 9.60. The standard InChI is InChI=1S/C23H25N3O/c1-17-16-18(2)26(24-17)22-10-8-21(9-11-22)23(27)25-14-12-20(13-15-25)19-6-4-3-5-7-19/h3-11,16,20H,12-15H2,1-2H3. The Morgan fingerprint density at radius 2 is 1.63 bits per heavy atom. The zero-order valence-corrected chi connectivity index (χ0v) is 15.9. The van der Waals surface area contributed by atoms with Crippen LogP contribution in [0.1, 0.15) is 46.1 Å². The zero-order valence-electron chi connectivity index (χ0n) is 15.9. The fourth-order valence-corrected chi connectivity index (χ4v) is 3.96. The topological polar surface area (TPSA) is 38.1 Å². The van der Waals surface area contributed by atoms with Crippen LogP contribution >= 0.6 is 0 Å². The summed E-state index contributed by atoms with van der Waals surface area (Å²) in [5.41, 5.74) is 5.21. The second-order valence-corrected chi connectivity index (χ2v) is 7.36. The number of amides is 1. The van der Waals surface area contributed by atoms with Gasteiger partial charge in [-0.2, -0.15) is 5.10 Å². The van der Waals surface area contributed by atoms with Gasteiger partial charge in [0.05, 0.1) is 11.4 Å². The number of likely N-dealkylation sites (tertiary alicyclic amines) is 1. The van der Waals surface area contributed by atoms with Gasteiger partial charge < -0.3 is 4.90 Å². The predicted molar refractivity (Wildman–Crippen MR) is 107 cm³/mol. The van der Waals surface area contributed by atoms with Gasteiger partial charge in [-0.05, 0) is 68.5 Å². The first-order chi connectivity index (χ1) is 13.1. The van der Waals surface area contributed by atoms with E-state index >= 15 is 0 Å². The Labute approximate surface area is 160 Å². The molecule has 27 heavy (non-hydrogen) atoms. The number of aromatic nitrogens is 2. The minimum Gasteiger partial charge on any atom is -0.339 e. The molecule has 2 heterocycles. The van der Waals surface area contributed by atoms with E-state index in [4.69, 9.17) is 0 Å². The van der Waals surface area contributed by atoms with E-state index in [2.05, 4.69) is 41.5 Å². The van der Waals surface area contributed by atoms with Crippen LogP contribution in [0.5, 0.6) is 0 Å². The van der Waals surface area contributed by atoms with Crippen LogP contribution in [0.4, 0.5) is 0 Å². The molecular weight excluding hydrogens is 334 g/mol. The van der Waals surface area contributed by atoms with Crippen LogP contribution in [0.3, 0.4) is 0 Å². The normalized spacial score (nSPS) is 15.1. The molecular formula is C23H25N3O. The third kappa shape index (κ3) is 3.65. The summed E-state index contributed by atoms with van der Waals surface area (Å²) < 4.78 is 1.91. The summed E-state index contributed by atoms with van der Waals surface area (Å²) >= 11 is 0. The van der Waals surface area contributed by atoms with Crippen LogP contribution in [0, 0.1) is 13.8 Å². The van der Waals surface area contributed by atoms with Crippen molar-refractivity contribution >= 4 is 5.91 Å². The average molecular weight is 359 g/mol. The molecule has 3 aromatic rings. The van der Waals surface area contributed by atoms with Gasteiger partial charge in [-0.25, -0.2) is 4.68 Å². The van der Waals surface area contributed by atoms with Crippen LogP contribution in [0.15, 0.2) is 60.7 Å². The number of carbonyl (C=O) groups is 1. The van der Waals surface area contributed by atoms with Crippen molar-refractivity contribution in [3.8, 4) is 5.69 Å². The summed E-state index contributed by atoms with van der Waals surface area (Å²) in [6.45, 7) is 5.66. The molecule has 1 aliphatic rings. The number of hydrogen-bond donors (Lipinski definition) is 0. The van der Waals surface area contributed by atoms with Gasteiger partial charge in [0.25, 0.3) is 5.91 Å². The van der Waals surface area contributed by atoms with E-state index < -0.39 is 0 Å². The van der Waals surface area contributed by atoms with Crippen LogP contribution in [0.25, 0.3) is 5.69 Å². The summed E-state index contributed by atoms with van der Waals surface area (Å²) in [5, 5.41) is 4.50. The Balaban J connectivity index is 1.42. The van der Waals surface area contributed by atoms with E-state index in [-0.39, 0.29) is 5.91 Å². The van der Waals surface area contributed by atoms with E-state index in [9.17, 15) is 4.79 Å². The van der Waals surface area contributed by atoms with E-state index in [1.807, 2.05) is 47.7 Å². The lowest BCUT2D eigenvalue weighted by atomic mass is 9.89. The number of piperidine rings is 1. The van der Waals surface area contributed by atoms with Crippen LogP contribution in [0.2, 0.25) is 0 Å². The molecule has 0 saturated carbocycles. The van der Waals surface area contributed by atoms with E-state index in [0.717, 1.165) is 48.6 Å². The maximum absolute atomic E-state index is 12.9. The number of aryl methyl sites for hydroxylation is 2. The van der Waals surface area contributed by atoms with Gasteiger partial charge in [0.2, 0.25) is 0 Å². The maximum Gasteiger partial charge on any atom is 0.253 e. The van der Waals surface area contributed by atoms with Crippen molar-refractivity contribution in [3.05, 3.63) is 83.2 Å². The Bertz CT molecular complexity index is 920. The molecule has 2 aromatic carbocycles. The van der Waals surface area contributed by atoms with Gasteiger partial charge in [0.1, 0.15) is 0 Å². The molecule has 0 unspecified atom stereocenters. The lowest BCUT2D eigenvalue weighted by Crippen LogP contribution is -2.37. The van der Waals surface area contributed by atoms with Crippen LogP contribution < -0.4 is 0 Å². The molecule has 0 atom stereocenters. The number of rotatable bonds is 3. The van der Waals surface area contributed by atoms with Crippen molar-refractivity contribution in [2.75, 3.05) is 13.1 Å². The molecule has 4 nitrogen and oxygen atoms in total. The second-order valence-electron chi connectivity index (χ2n) is 7.36. The summed E-state index contributed by atoms with van der Waals surface area (Å²) in [6, 6.07) is 20.5. The number of benzene rings is 2. The highest BCUT2D eigenvalue weighted by molar-refractivity contribution is 5.94. The largest absolute Gasteiger partial charge is 0.339 e. The van der Waals surface area contributed by atoms with Gasteiger partial charge in [-0.3, -0.25) is 4.79 Å². The van der Waals surface area contributed by atoms with E-state index in [0.29, 0.717) is 5.92 Å². The highest BCUT2D eigenvalue weighted by Crippen LogP contribution is 2.28. The highest BCUT2D eigenvalue weighted by atomic mass is 16.2. The van der Waals surface area contributed by atoms with E-state index in [1.54, 1.807) is 0 Å². The molecule has 1 aromatic heterocycles. The second kappa shape index (κ2) is 7.39. The van der Waals surface area contributed by atoms with Crippen molar-refractivity contribution in [2.45, 2.75) is 32.6 Å². The highest BCUT2D eigenvalue weighted by Gasteiger charge is 2.24. The Kier molecular flexibility index (Phi) is 4.80. The fraction of sp³-hybridized carbons (Fsp3) is 0.304. The van der Waals surface area contributed by atoms with Gasteiger partial charge >= 0.3 is 0 Å². The summed E-state index contributed by atoms with van der Waals surface area (Å²) in [5.74, 6) is 0.685. The minimum atomic E-state index is 0.126. The van der Waals surface area contributed by atoms with Gasteiger partial charge in [0.15, 0.2) is 0 Å². The molecule has 1 aliphatic heterocycles. The molecule has 1 amide bonds. The predicted octanol–water partition coefficient (Wildman–Crippen LogP) is 4.51. The molecule has 4 heteroatoms. The average Bonchev–Trinajstić information content (AvgIpc) is 3.06. The molecule has 0 bridgehead atoms. The van der Waals surface area contributed by atoms with Gasteiger partial charge in [0, 0.05) is 24.3 Å². The molecule has 1 fully saturated rings. The van der Waals surface area contributed by atoms with Crippen molar-refractivity contribution < 1.29 is 4.79 Å². The fourth-order valence-electron chi connectivity index (χ4n) is 3.96. The van der Waals surface area contributed by atoms with Gasteiger partial charge in [-0.1, -0.05) is 30.3 Å². The zero-order chi connectivity index (χ0) is 18.8. The Morgan fingerprint density at radius 3 is 2.22 bits per heavy atom. The SMILES string of the molecule is Cc1cc(C)n(-c2ccc(C(=O)N3CCC(c4ccccc4)CC3)cc2)n1. The summed E-state index contributed by atoms with van der Waals surface area (Å²) in [4.78, 5) is 14.8. The minimum absolute atomic E-state index is 0.126. The Morgan fingerprint density at radius 1 is 0.963 bits per heavy atom. The smallest absolute Gasteiger partial charge is 0.253 e. The van der Waals surface area contributed by atoms with Crippen molar-refractivity contribution in [2.24, 2.45) is 0 Å². The van der Waals surface area contributed by atoms with Crippen LogP contribution in [-0.2, 0) is 0 Å². The van der Waals surface area contributed by atoms with E-state index in [1.165, 1.54) is 5.56 Å². The Hall–Kier alpha value is -2.88. The molecule has 138 valence electrons. The molecule has 0 radical (unpaired) electrons. The first kappa shape index (κ1) is 17.5. The van der Waals surface area contributed by atoms with Crippen molar-refractivity contribution in [1.29, 1.82) is 0 Å². The molecule has 1 saturated heterocycles.